The van der Waals surface area contributed by atoms with Gasteiger partial charge < -0.3 is 9.64 Å². The molecule has 0 unspecified atom stereocenters. The van der Waals surface area contributed by atoms with Gasteiger partial charge in [-0.25, -0.2) is 18.1 Å². The third-order valence-corrected chi connectivity index (χ3v) is 6.49. The molecule has 0 bridgehead atoms. The maximum absolute atomic E-state index is 12.7. The molecule has 1 fully saturated rings. The fourth-order valence-electron chi connectivity index (χ4n) is 2.84. The first kappa shape index (κ1) is 17.2. The molecule has 1 aromatic heterocycles. The van der Waals surface area contributed by atoms with Crippen LogP contribution in [-0.2, 0) is 10.0 Å². The molecule has 0 spiro atoms. The van der Waals surface area contributed by atoms with E-state index >= 15 is 0 Å². The van der Waals surface area contributed by atoms with E-state index in [2.05, 4.69) is 14.6 Å². The molecule has 1 aliphatic rings. The van der Waals surface area contributed by atoms with Crippen LogP contribution in [0.4, 0.5) is 5.13 Å². The maximum atomic E-state index is 12.7. The van der Waals surface area contributed by atoms with E-state index in [1.165, 1.54) is 7.11 Å². The van der Waals surface area contributed by atoms with Crippen molar-refractivity contribution >= 4 is 26.5 Å². The number of anilines is 1. The molecule has 130 valence electrons. The molecule has 1 N–H and O–H groups in total. The fourth-order valence-corrected chi connectivity index (χ4v) is 5.09. The number of aromatic nitrogens is 1. The van der Waals surface area contributed by atoms with Crippen molar-refractivity contribution in [1.29, 1.82) is 0 Å². The molecule has 3 rings (SSSR count). The summed E-state index contributed by atoms with van der Waals surface area (Å²) in [5, 5.41) is 2.95. The summed E-state index contributed by atoms with van der Waals surface area (Å²) in [5.41, 5.74) is 0.884. The zero-order valence-corrected chi connectivity index (χ0v) is 15.4. The van der Waals surface area contributed by atoms with Crippen LogP contribution in [0.5, 0.6) is 5.75 Å². The minimum atomic E-state index is -3.60. The zero-order valence-electron chi connectivity index (χ0n) is 13.7. The van der Waals surface area contributed by atoms with Crippen molar-refractivity contribution in [2.75, 3.05) is 25.1 Å². The van der Waals surface area contributed by atoms with E-state index < -0.39 is 10.0 Å². The lowest BCUT2D eigenvalue weighted by Gasteiger charge is -2.32. The average Bonchev–Trinajstić information content (AvgIpc) is 3.10. The fraction of sp³-hybridized carbons (Fsp3) is 0.438. The first-order chi connectivity index (χ1) is 11.5. The van der Waals surface area contributed by atoms with Crippen LogP contribution < -0.4 is 14.4 Å². The van der Waals surface area contributed by atoms with Crippen LogP contribution in [0.2, 0.25) is 0 Å². The molecule has 1 saturated heterocycles. The molecule has 2 aromatic rings. The molecule has 1 aromatic carbocycles. The third kappa shape index (κ3) is 3.71. The second-order valence-corrected chi connectivity index (χ2v) is 8.41. The van der Waals surface area contributed by atoms with Gasteiger partial charge in [-0.05, 0) is 37.5 Å². The van der Waals surface area contributed by atoms with Crippen molar-refractivity contribution in [3.05, 3.63) is 35.3 Å². The van der Waals surface area contributed by atoms with Gasteiger partial charge in [0, 0.05) is 30.7 Å². The molecular formula is C16H21N3O3S2. The molecule has 6 nitrogen and oxygen atoms in total. The summed E-state index contributed by atoms with van der Waals surface area (Å²) in [4.78, 5) is 6.71. The summed E-state index contributed by atoms with van der Waals surface area (Å²) in [7, 11) is -2.12. The molecule has 0 atom stereocenters. The number of benzene rings is 1. The van der Waals surface area contributed by atoms with E-state index in [-0.39, 0.29) is 10.9 Å². The van der Waals surface area contributed by atoms with Crippen LogP contribution in [-0.4, -0.2) is 39.6 Å². The van der Waals surface area contributed by atoms with Crippen molar-refractivity contribution in [1.82, 2.24) is 9.71 Å². The number of aryl methyl sites for hydroxylation is 1. The predicted octanol–water partition coefficient (Wildman–Crippen LogP) is 2.41. The standard InChI is InChI=1S/C16H21N3O3S2/c1-12-3-4-14(22-2)15(11-12)24(20,21)18-13-5-8-19(9-6-13)16-17-7-10-23-16/h3-4,7,10-11,13,18H,5-6,8-9H2,1-2H3. The number of methoxy groups -OCH3 is 1. The largest absolute Gasteiger partial charge is 0.495 e. The van der Waals surface area contributed by atoms with E-state index in [0.717, 1.165) is 36.6 Å². The Labute approximate surface area is 146 Å². The quantitative estimate of drug-likeness (QED) is 0.879. The number of hydrogen-bond acceptors (Lipinski definition) is 6. The first-order valence-corrected chi connectivity index (χ1v) is 10.2. The van der Waals surface area contributed by atoms with Gasteiger partial charge in [-0.1, -0.05) is 6.07 Å². The van der Waals surface area contributed by atoms with Gasteiger partial charge in [0.15, 0.2) is 5.13 Å². The third-order valence-electron chi connectivity index (χ3n) is 4.12. The van der Waals surface area contributed by atoms with E-state index in [1.807, 2.05) is 18.4 Å². The van der Waals surface area contributed by atoms with Crippen LogP contribution in [0.1, 0.15) is 18.4 Å². The van der Waals surface area contributed by atoms with Gasteiger partial charge in [-0.15, -0.1) is 11.3 Å². The first-order valence-electron chi connectivity index (χ1n) is 7.81. The van der Waals surface area contributed by atoms with Crippen LogP contribution in [0.15, 0.2) is 34.7 Å². The Kier molecular flexibility index (Phi) is 5.07. The molecule has 0 amide bonds. The highest BCUT2D eigenvalue weighted by atomic mass is 32.2. The smallest absolute Gasteiger partial charge is 0.244 e. The highest BCUT2D eigenvalue weighted by molar-refractivity contribution is 7.89. The number of sulfonamides is 1. The SMILES string of the molecule is COc1ccc(C)cc1S(=O)(=O)NC1CCN(c2nccs2)CC1. The van der Waals surface area contributed by atoms with Crippen LogP contribution >= 0.6 is 11.3 Å². The number of ether oxygens (including phenoxy) is 1. The summed E-state index contributed by atoms with van der Waals surface area (Å²) >= 11 is 1.61. The van der Waals surface area contributed by atoms with E-state index in [1.54, 1.807) is 29.7 Å². The molecule has 0 saturated carbocycles. The Morgan fingerprint density at radius 2 is 2.08 bits per heavy atom. The Morgan fingerprint density at radius 1 is 1.33 bits per heavy atom. The predicted molar refractivity (Wildman–Crippen MR) is 95.4 cm³/mol. The number of nitrogens with zero attached hydrogens (tertiary/aromatic N) is 2. The van der Waals surface area contributed by atoms with Gasteiger partial charge in [-0.3, -0.25) is 0 Å². The molecule has 1 aliphatic heterocycles. The minimum Gasteiger partial charge on any atom is -0.495 e. The lowest BCUT2D eigenvalue weighted by atomic mass is 10.1. The Morgan fingerprint density at radius 3 is 2.71 bits per heavy atom. The number of nitrogens with one attached hydrogen (secondary N) is 1. The Hall–Kier alpha value is -1.64. The van der Waals surface area contributed by atoms with Crippen LogP contribution in [0.3, 0.4) is 0 Å². The van der Waals surface area contributed by atoms with Crippen molar-refractivity contribution in [3.63, 3.8) is 0 Å². The van der Waals surface area contributed by atoms with Crippen molar-refractivity contribution < 1.29 is 13.2 Å². The second kappa shape index (κ2) is 7.08. The normalized spacial score (nSPS) is 16.3. The summed E-state index contributed by atoms with van der Waals surface area (Å²) in [6.07, 6.45) is 3.30. The molecule has 2 heterocycles. The summed E-state index contributed by atoms with van der Waals surface area (Å²) in [5.74, 6) is 0.369. The van der Waals surface area contributed by atoms with Gasteiger partial charge in [0.25, 0.3) is 0 Å². The van der Waals surface area contributed by atoms with Gasteiger partial charge >= 0.3 is 0 Å². The molecule has 0 radical (unpaired) electrons. The van der Waals surface area contributed by atoms with Crippen molar-refractivity contribution in [2.45, 2.75) is 30.7 Å². The average molecular weight is 367 g/mol. The number of rotatable bonds is 5. The number of piperidine rings is 1. The van der Waals surface area contributed by atoms with E-state index in [4.69, 9.17) is 4.74 Å². The number of thiazole rings is 1. The monoisotopic (exact) mass is 367 g/mol. The van der Waals surface area contributed by atoms with Crippen LogP contribution in [0.25, 0.3) is 0 Å². The highest BCUT2D eigenvalue weighted by Gasteiger charge is 2.27. The minimum absolute atomic E-state index is 0.0727. The van der Waals surface area contributed by atoms with E-state index in [9.17, 15) is 8.42 Å². The molecule has 24 heavy (non-hydrogen) atoms. The lowest BCUT2D eigenvalue weighted by molar-refractivity contribution is 0.400. The van der Waals surface area contributed by atoms with Gasteiger partial charge in [0.1, 0.15) is 10.6 Å². The Balaban J connectivity index is 1.69. The summed E-state index contributed by atoms with van der Waals surface area (Å²) in [6.45, 7) is 3.46. The zero-order chi connectivity index (χ0) is 17.2. The summed E-state index contributed by atoms with van der Waals surface area (Å²) < 4.78 is 33.5. The maximum Gasteiger partial charge on any atom is 0.244 e. The lowest BCUT2D eigenvalue weighted by Crippen LogP contribution is -2.44. The van der Waals surface area contributed by atoms with E-state index in [0.29, 0.717) is 5.75 Å². The van der Waals surface area contributed by atoms with Crippen molar-refractivity contribution in [2.24, 2.45) is 0 Å². The second-order valence-electron chi connectivity index (χ2n) is 5.85. The van der Waals surface area contributed by atoms with Gasteiger partial charge in [-0.2, -0.15) is 0 Å². The molecule has 8 heteroatoms. The molecule has 0 aliphatic carbocycles. The summed E-state index contributed by atoms with van der Waals surface area (Å²) in [6, 6.07) is 5.10. The van der Waals surface area contributed by atoms with Crippen molar-refractivity contribution in [3.8, 4) is 5.75 Å². The van der Waals surface area contributed by atoms with Gasteiger partial charge in [0.2, 0.25) is 10.0 Å². The topological polar surface area (TPSA) is 71.5 Å². The van der Waals surface area contributed by atoms with Gasteiger partial charge in [0.05, 0.1) is 7.11 Å². The number of hydrogen-bond donors (Lipinski definition) is 1. The van der Waals surface area contributed by atoms with Crippen LogP contribution in [0, 0.1) is 6.92 Å². The Bertz CT molecular complexity index is 783. The molecular weight excluding hydrogens is 346 g/mol. The highest BCUT2D eigenvalue weighted by Crippen LogP contribution is 2.27.